The summed E-state index contributed by atoms with van der Waals surface area (Å²) in [5.41, 5.74) is 1.76. The normalized spacial score (nSPS) is 9.56. The van der Waals surface area contributed by atoms with Crippen molar-refractivity contribution in [3.63, 3.8) is 0 Å². The molecule has 0 aliphatic carbocycles. The van der Waals surface area contributed by atoms with Crippen molar-refractivity contribution in [3.05, 3.63) is 47.7 Å². The van der Waals surface area contributed by atoms with Crippen LogP contribution in [0.15, 0.2) is 36.5 Å². The number of benzene rings is 1. The van der Waals surface area contributed by atoms with Crippen molar-refractivity contribution < 1.29 is 0 Å². The van der Waals surface area contributed by atoms with Gasteiger partial charge in [-0.05, 0) is 23.8 Å². The zero-order valence-corrected chi connectivity index (χ0v) is 10.0. The maximum atomic E-state index is 8.70. The fraction of sp³-hybridized carbons (Fsp3) is 0.154. The van der Waals surface area contributed by atoms with Crippen LogP contribution in [-0.4, -0.2) is 17.0 Å². The van der Waals surface area contributed by atoms with Gasteiger partial charge in [0.05, 0.1) is 11.6 Å². The van der Waals surface area contributed by atoms with E-state index in [1.807, 2.05) is 18.2 Å². The van der Waals surface area contributed by atoms with Crippen molar-refractivity contribution in [1.82, 2.24) is 9.97 Å². The highest BCUT2D eigenvalue weighted by atomic mass is 15.1. The molecule has 1 aromatic heterocycles. The van der Waals surface area contributed by atoms with Crippen LogP contribution in [-0.2, 0) is 6.54 Å². The number of nitrogens with one attached hydrogen (secondary N) is 2. The van der Waals surface area contributed by atoms with Gasteiger partial charge in [-0.1, -0.05) is 12.1 Å². The molecule has 0 saturated carbocycles. The van der Waals surface area contributed by atoms with E-state index in [9.17, 15) is 0 Å². The first-order valence-electron chi connectivity index (χ1n) is 5.55. The van der Waals surface area contributed by atoms with E-state index in [1.165, 1.54) is 0 Å². The third-order valence-electron chi connectivity index (χ3n) is 2.44. The van der Waals surface area contributed by atoms with Crippen molar-refractivity contribution in [2.45, 2.75) is 6.54 Å². The van der Waals surface area contributed by atoms with E-state index < -0.39 is 0 Å². The molecule has 0 spiro atoms. The lowest BCUT2D eigenvalue weighted by molar-refractivity contribution is 1.08. The average molecular weight is 239 g/mol. The van der Waals surface area contributed by atoms with Gasteiger partial charge >= 0.3 is 0 Å². The first-order chi connectivity index (χ1) is 8.81. The number of rotatable bonds is 4. The molecule has 0 aliphatic heterocycles. The summed E-state index contributed by atoms with van der Waals surface area (Å²) in [5, 5.41) is 14.8. The molecule has 90 valence electrons. The second kappa shape index (κ2) is 5.64. The van der Waals surface area contributed by atoms with Crippen LogP contribution in [0.4, 0.5) is 11.8 Å². The summed E-state index contributed by atoms with van der Waals surface area (Å²) >= 11 is 0. The molecule has 2 rings (SSSR count). The third kappa shape index (κ3) is 2.95. The Hall–Kier alpha value is -2.61. The Labute approximate surface area is 106 Å². The average Bonchev–Trinajstić information content (AvgIpc) is 2.46. The van der Waals surface area contributed by atoms with Crippen LogP contribution in [0.25, 0.3) is 0 Å². The Balaban J connectivity index is 2.00. The first kappa shape index (κ1) is 11.9. The van der Waals surface area contributed by atoms with E-state index in [-0.39, 0.29) is 0 Å². The minimum atomic E-state index is 0.583. The largest absolute Gasteiger partial charge is 0.366 e. The molecule has 0 saturated heterocycles. The van der Waals surface area contributed by atoms with Crippen LogP contribution in [0.5, 0.6) is 0 Å². The number of nitrogens with zero attached hydrogens (tertiary/aromatic N) is 3. The highest BCUT2D eigenvalue weighted by Crippen LogP contribution is 2.08. The fourth-order valence-corrected chi connectivity index (χ4v) is 1.47. The Kier molecular flexibility index (Phi) is 3.72. The van der Waals surface area contributed by atoms with Crippen LogP contribution >= 0.6 is 0 Å². The van der Waals surface area contributed by atoms with Gasteiger partial charge in [0.2, 0.25) is 5.95 Å². The molecule has 0 atom stereocenters. The SMILES string of the molecule is CNc1nccc(NCc2ccc(C#N)cc2)n1. The number of hydrogen-bond donors (Lipinski definition) is 2. The number of hydrogen-bond acceptors (Lipinski definition) is 5. The Morgan fingerprint density at radius 1 is 1.22 bits per heavy atom. The zero-order chi connectivity index (χ0) is 12.8. The second-order valence-electron chi connectivity index (χ2n) is 3.68. The molecule has 5 heteroatoms. The van der Waals surface area contributed by atoms with Crippen molar-refractivity contribution in [2.75, 3.05) is 17.7 Å². The molecule has 0 unspecified atom stereocenters. The highest BCUT2D eigenvalue weighted by molar-refractivity contribution is 5.40. The molecular formula is C13H13N5. The zero-order valence-electron chi connectivity index (χ0n) is 10.0. The summed E-state index contributed by atoms with van der Waals surface area (Å²) in [6, 6.07) is 11.4. The van der Waals surface area contributed by atoms with Crippen molar-refractivity contribution >= 4 is 11.8 Å². The topological polar surface area (TPSA) is 73.6 Å². The minimum absolute atomic E-state index is 0.583. The van der Waals surface area contributed by atoms with Crippen LogP contribution < -0.4 is 10.6 Å². The quantitative estimate of drug-likeness (QED) is 0.853. The Bertz CT molecular complexity index is 556. The monoisotopic (exact) mass is 239 g/mol. The summed E-state index contributed by atoms with van der Waals surface area (Å²) in [6.45, 7) is 0.659. The van der Waals surface area contributed by atoms with Crippen LogP contribution in [0.1, 0.15) is 11.1 Å². The van der Waals surface area contributed by atoms with Gasteiger partial charge in [-0.2, -0.15) is 10.2 Å². The Morgan fingerprint density at radius 3 is 2.67 bits per heavy atom. The van der Waals surface area contributed by atoms with Crippen molar-refractivity contribution in [3.8, 4) is 6.07 Å². The maximum Gasteiger partial charge on any atom is 0.224 e. The Morgan fingerprint density at radius 2 is 2.00 bits per heavy atom. The molecule has 0 fully saturated rings. The molecule has 0 amide bonds. The van der Waals surface area contributed by atoms with Gasteiger partial charge in [0.1, 0.15) is 5.82 Å². The van der Waals surface area contributed by atoms with Crippen molar-refractivity contribution in [2.24, 2.45) is 0 Å². The summed E-state index contributed by atoms with van der Waals surface area (Å²) in [4.78, 5) is 8.29. The molecule has 5 nitrogen and oxygen atoms in total. The van der Waals surface area contributed by atoms with Crippen molar-refractivity contribution in [1.29, 1.82) is 5.26 Å². The lowest BCUT2D eigenvalue weighted by atomic mass is 10.1. The van der Waals surface area contributed by atoms with Gasteiger partial charge in [-0.25, -0.2) is 4.98 Å². The molecule has 18 heavy (non-hydrogen) atoms. The maximum absolute atomic E-state index is 8.70. The van der Waals surface area contributed by atoms with Crippen LogP contribution in [0, 0.1) is 11.3 Å². The van der Waals surface area contributed by atoms with E-state index in [0.717, 1.165) is 11.4 Å². The predicted molar refractivity (Wildman–Crippen MR) is 70.1 cm³/mol. The molecule has 0 bridgehead atoms. The second-order valence-corrected chi connectivity index (χ2v) is 3.68. The summed E-state index contributed by atoms with van der Waals surface area (Å²) in [5.74, 6) is 1.35. The molecule has 0 radical (unpaired) electrons. The minimum Gasteiger partial charge on any atom is -0.366 e. The summed E-state index contributed by atoms with van der Waals surface area (Å²) < 4.78 is 0. The third-order valence-corrected chi connectivity index (χ3v) is 2.44. The molecular weight excluding hydrogens is 226 g/mol. The smallest absolute Gasteiger partial charge is 0.224 e. The molecule has 1 heterocycles. The van der Waals surface area contributed by atoms with Gasteiger partial charge in [0.25, 0.3) is 0 Å². The number of anilines is 2. The molecule has 1 aromatic carbocycles. The standard InChI is InChI=1S/C13H13N5/c1-15-13-16-7-6-12(18-13)17-9-11-4-2-10(8-14)3-5-11/h2-7H,9H2,1H3,(H2,15,16,17,18). The van der Waals surface area contributed by atoms with Crippen LogP contribution in [0.2, 0.25) is 0 Å². The van der Waals surface area contributed by atoms with Gasteiger partial charge in [0.15, 0.2) is 0 Å². The lowest BCUT2D eigenvalue weighted by Crippen LogP contribution is -2.04. The predicted octanol–water partition coefficient (Wildman–Crippen LogP) is 2.00. The van der Waals surface area contributed by atoms with Gasteiger partial charge in [-0.15, -0.1) is 0 Å². The molecule has 0 aliphatic rings. The number of aromatic nitrogens is 2. The van der Waals surface area contributed by atoms with E-state index in [0.29, 0.717) is 18.1 Å². The summed E-state index contributed by atoms with van der Waals surface area (Å²) in [6.07, 6.45) is 1.69. The lowest BCUT2D eigenvalue weighted by Gasteiger charge is -2.06. The van der Waals surface area contributed by atoms with Crippen LogP contribution in [0.3, 0.4) is 0 Å². The van der Waals surface area contributed by atoms with Gasteiger partial charge < -0.3 is 10.6 Å². The highest BCUT2D eigenvalue weighted by Gasteiger charge is 1.98. The van der Waals surface area contributed by atoms with E-state index in [1.54, 1.807) is 25.4 Å². The molecule has 2 N–H and O–H groups in total. The summed E-state index contributed by atoms with van der Waals surface area (Å²) in [7, 11) is 1.78. The van der Waals surface area contributed by atoms with E-state index in [4.69, 9.17) is 5.26 Å². The van der Waals surface area contributed by atoms with E-state index in [2.05, 4.69) is 26.7 Å². The van der Waals surface area contributed by atoms with Gasteiger partial charge in [0, 0.05) is 19.8 Å². The van der Waals surface area contributed by atoms with Gasteiger partial charge in [-0.3, -0.25) is 0 Å². The van der Waals surface area contributed by atoms with E-state index >= 15 is 0 Å². The molecule has 2 aromatic rings. The number of nitriles is 1. The first-order valence-corrected chi connectivity index (χ1v) is 5.55. The fourth-order valence-electron chi connectivity index (χ4n) is 1.47.